The predicted molar refractivity (Wildman–Crippen MR) is 148 cm³/mol. The summed E-state index contributed by atoms with van der Waals surface area (Å²) in [4.78, 5) is 38.3. The lowest BCUT2D eigenvalue weighted by molar-refractivity contribution is -0.249. The third kappa shape index (κ3) is 6.95. The van der Waals surface area contributed by atoms with Crippen molar-refractivity contribution in [1.82, 2.24) is 0 Å². The van der Waals surface area contributed by atoms with E-state index >= 15 is 0 Å². The molecular formula is C31H33FO7S. The molecule has 0 unspecified atom stereocenters. The van der Waals surface area contributed by atoms with Crippen LogP contribution in [0, 0.1) is 12.7 Å². The fourth-order valence-corrected chi connectivity index (χ4v) is 6.02. The number of rotatable bonds is 8. The van der Waals surface area contributed by atoms with Crippen LogP contribution in [0.1, 0.15) is 61.8 Å². The second-order valence-electron chi connectivity index (χ2n) is 9.86. The van der Waals surface area contributed by atoms with Crippen LogP contribution in [0.5, 0.6) is 0 Å². The Morgan fingerprint density at radius 1 is 0.850 bits per heavy atom. The van der Waals surface area contributed by atoms with Crippen LogP contribution in [0.15, 0.2) is 54.6 Å². The van der Waals surface area contributed by atoms with E-state index in [0.29, 0.717) is 12.8 Å². The topological polar surface area (TPSA) is 88.1 Å². The first-order chi connectivity index (χ1) is 19.0. The van der Waals surface area contributed by atoms with E-state index in [1.54, 1.807) is 23.5 Å². The molecule has 0 radical (unpaired) electrons. The minimum atomic E-state index is -1.05. The van der Waals surface area contributed by atoms with E-state index in [2.05, 4.69) is 6.07 Å². The predicted octanol–water partition coefficient (Wildman–Crippen LogP) is 6.10. The third-order valence-corrected chi connectivity index (χ3v) is 7.93. The molecule has 4 rings (SSSR count). The van der Waals surface area contributed by atoms with Gasteiger partial charge in [0, 0.05) is 36.9 Å². The van der Waals surface area contributed by atoms with E-state index in [4.69, 9.17) is 18.9 Å². The fraction of sp³-hybridized carbons (Fsp3) is 0.387. The molecule has 1 aliphatic rings. The van der Waals surface area contributed by atoms with Crippen molar-refractivity contribution in [3.63, 3.8) is 0 Å². The number of hydrogen-bond donors (Lipinski definition) is 0. The summed E-state index contributed by atoms with van der Waals surface area (Å²) in [5.41, 5.74) is 3.82. The Hall–Kier alpha value is -3.56. The molecule has 1 aromatic heterocycles. The maximum absolute atomic E-state index is 13.4. The van der Waals surface area contributed by atoms with Gasteiger partial charge in [-0.3, -0.25) is 14.4 Å². The smallest absolute Gasteiger partial charge is 0.303 e. The summed E-state index contributed by atoms with van der Waals surface area (Å²) in [5.74, 6) is -2.00. The van der Waals surface area contributed by atoms with Crippen molar-refractivity contribution in [2.24, 2.45) is 0 Å². The molecular weight excluding hydrogens is 535 g/mol. The summed E-state index contributed by atoms with van der Waals surface area (Å²) in [6, 6.07) is 16.4. The molecule has 0 spiro atoms. The lowest BCUT2D eigenvalue weighted by Crippen LogP contribution is -2.58. The largest absolute Gasteiger partial charge is 0.456 e. The van der Waals surface area contributed by atoms with Gasteiger partial charge in [-0.05, 0) is 59.9 Å². The van der Waals surface area contributed by atoms with E-state index in [1.165, 1.54) is 32.9 Å². The summed E-state index contributed by atoms with van der Waals surface area (Å²) in [6.07, 6.45) is -3.25. The Bertz CT molecular complexity index is 1370. The molecule has 1 fully saturated rings. The lowest BCUT2D eigenvalue weighted by Gasteiger charge is -2.45. The van der Waals surface area contributed by atoms with E-state index in [0.717, 1.165) is 32.0 Å². The second-order valence-corrected chi connectivity index (χ2v) is 11.0. The van der Waals surface area contributed by atoms with Gasteiger partial charge in [0.05, 0.1) is 6.10 Å². The van der Waals surface area contributed by atoms with Gasteiger partial charge >= 0.3 is 17.9 Å². The summed E-state index contributed by atoms with van der Waals surface area (Å²) >= 11 is 1.63. The monoisotopic (exact) mass is 568 g/mol. The standard InChI is InChI=1S/C31H33FO7S/c1-6-26-29(36-18(3)33)31(38-20(5)35)30(37-19(4)34)28(39-26)22-8-7-17(2)23(15-22)16-25-13-14-27(40-25)21-9-11-24(32)12-10-21/h7-15,26,28-31H,6,16H2,1-5H3/t26-,28+,29-,30+,31+/m1/s1. The summed E-state index contributed by atoms with van der Waals surface area (Å²) < 4.78 is 36.6. The number of halogens is 1. The zero-order chi connectivity index (χ0) is 29.0. The summed E-state index contributed by atoms with van der Waals surface area (Å²) in [6.45, 7) is 7.69. The highest BCUT2D eigenvalue weighted by Gasteiger charge is 2.51. The second kappa shape index (κ2) is 12.7. The van der Waals surface area contributed by atoms with Crippen LogP contribution in [0.25, 0.3) is 10.4 Å². The van der Waals surface area contributed by atoms with Gasteiger partial charge in [-0.1, -0.05) is 37.3 Å². The molecule has 212 valence electrons. The molecule has 2 heterocycles. The molecule has 0 saturated carbocycles. The third-order valence-electron chi connectivity index (χ3n) is 6.80. The van der Waals surface area contributed by atoms with Gasteiger partial charge in [0.25, 0.3) is 0 Å². The number of aryl methyl sites for hydroxylation is 1. The Balaban J connectivity index is 1.67. The van der Waals surface area contributed by atoms with E-state index < -0.39 is 48.4 Å². The highest BCUT2D eigenvalue weighted by molar-refractivity contribution is 7.15. The van der Waals surface area contributed by atoms with Gasteiger partial charge < -0.3 is 18.9 Å². The molecule has 1 saturated heterocycles. The summed E-state index contributed by atoms with van der Waals surface area (Å²) in [5, 5.41) is 0. The first-order valence-corrected chi connectivity index (χ1v) is 14.0. The lowest BCUT2D eigenvalue weighted by atomic mass is 9.88. The Labute approximate surface area is 237 Å². The van der Waals surface area contributed by atoms with E-state index in [9.17, 15) is 18.8 Å². The Morgan fingerprint density at radius 2 is 1.48 bits per heavy atom. The highest BCUT2D eigenvalue weighted by atomic mass is 32.1. The zero-order valence-electron chi connectivity index (χ0n) is 23.1. The van der Waals surface area contributed by atoms with Crippen molar-refractivity contribution in [3.8, 4) is 10.4 Å². The van der Waals surface area contributed by atoms with Crippen LogP contribution in [0.2, 0.25) is 0 Å². The van der Waals surface area contributed by atoms with Crippen LogP contribution >= 0.6 is 11.3 Å². The van der Waals surface area contributed by atoms with Crippen molar-refractivity contribution in [3.05, 3.63) is 82.0 Å². The van der Waals surface area contributed by atoms with Crippen molar-refractivity contribution in [2.45, 2.75) is 78.0 Å². The molecule has 0 bridgehead atoms. The minimum absolute atomic E-state index is 0.273. The van der Waals surface area contributed by atoms with Crippen LogP contribution in [-0.2, 0) is 39.8 Å². The number of hydrogen-bond acceptors (Lipinski definition) is 8. The van der Waals surface area contributed by atoms with Crippen LogP contribution in [-0.4, -0.2) is 42.3 Å². The van der Waals surface area contributed by atoms with Gasteiger partial charge in [-0.15, -0.1) is 11.3 Å². The molecule has 0 amide bonds. The zero-order valence-corrected chi connectivity index (χ0v) is 24.0. The van der Waals surface area contributed by atoms with E-state index in [1.807, 2.05) is 38.1 Å². The molecule has 5 atom stereocenters. The summed E-state index contributed by atoms with van der Waals surface area (Å²) in [7, 11) is 0. The average Bonchev–Trinajstić information content (AvgIpc) is 3.35. The molecule has 1 aliphatic heterocycles. The molecule has 40 heavy (non-hydrogen) atoms. The van der Waals surface area contributed by atoms with E-state index in [-0.39, 0.29) is 5.82 Å². The van der Waals surface area contributed by atoms with Gasteiger partial charge in [0.15, 0.2) is 18.3 Å². The SMILES string of the molecule is CC[C@H]1O[C@@H](c2ccc(C)c(Cc3ccc(-c4ccc(F)cc4)s3)c2)[C@H](OC(C)=O)[C@@H](OC(C)=O)[C@@H]1OC(C)=O. The Kier molecular flexibility index (Phi) is 9.37. The maximum Gasteiger partial charge on any atom is 0.303 e. The van der Waals surface area contributed by atoms with Gasteiger partial charge in [-0.2, -0.15) is 0 Å². The van der Waals surface area contributed by atoms with Gasteiger partial charge in [0.2, 0.25) is 0 Å². The van der Waals surface area contributed by atoms with Crippen molar-refractivity contribution in [1.29, 1.82) is 0 Å². The first-order valence-electron chi connectivity index (χ1n) is 13.2. The number of esters is 3. The highest BCUT2D eigenvalue weighted by Crippen LogP contribution is 2.39. The number of thiophene rings is 1. The quantitative estimate of drug-likeness (QED) is 0.240. The van der Waals surface area contributed by atoms with Gasteiger partial charge in [0.1, 0.15) is 11.9 Å². The molecule has 3 aromatic rings. The number of carbonyl (C=O) groups is 3. The fourth-order valence-electron chi connectivity index (χ4n) is 4.98. The first kappa shape index (κ1) is 29.4. The van der Waals surface area contributed by atoms with Crippen LogP contribution < -0.4 is 0 Å². The number of carbonyl (C=O) groups excluding carboxylic acids is 3. The van der Waals surface area contributed by atoms with Crippen molar-refractivity contribution < 1.29 is 37.7 Å². The van der Waals surface area contributed by atoms with Crippen molar-refractivity contribution >= 4 is 29.2 Å². The molecule has 9 heteroatoms. The molecule has 7 nitrogen and oxygen atoms in total. The molecule has 0 N–H and O–H groups in total. The average molecular weight is 569 g/mol. The van der Waals surface area contributed by atoms with Crippen LogP contribution in [0.3, 0.4) is 0 Å². The maximum atomic E-state index is 13.4. The van der Waals surface area contributed by atoms with Gasteiger partial charge in [-0.25, -0.2) is 4.39 Å². The van der Waals surface area contributed by atoms with Crippen molar-refractivity contribution in [2.75, 3.05) is 0 Å². The number of ether oxygens (including phenoxy) is 4. The van der Waals surface area contributed by atoms with Crippen LogP contribution in [0.4, 0.5) is 4.39 Å². The molecule has 2 aromatic carbocycles. The normalized spacial score (nSPS) is 22.4. The Morgan fingerprint density at radius 3 is 2.10 bits per heavy atom. The molecule has 0 aliphatic carbocycles. The minimum Gasteiger partial charge on any atom is -0.456 e. The number of benzene rings is 2.